The Bertz CT molecular complexity index is 1060. The fourth-order valence-corrected chi connectivity index (χ4v) is 3.90. The maximum Gasteiger partial charge on any atom is 0.315 e. The van der Waals surface area contributed by atoms with E-state index < -0.39 is 40.7 Å². The third-order valence-corrected chi connectivity index (χ3v) is 6.02. The molecule has 0 aliphatic carbocycles. The van der Waals surface area contributed by atoms with Crippen molar-refractivity contribution in [3.63, 3.8) is 0 Å². The minimum absolute atomic E-state index is 0.193. The number of rotatable bonds is 8. The number of nitrogens with zero attached hydrogens (tertiary/aromatic N) is 1. The molecule has 3 unspecified atom stereocenters. The Hall–Kier alpha value is -3.14. The molecule has 2 amide bonds. The van der Waals surface area contributed by atoms with Gasteiger partial charge in [-0.3, -0.25) is 14.4 Å². The van der Waals surface area contributed by atoms with Crippen LogP contribution in [0, 0.1) is 4.91 Å². The highest BCUT2D eigenvalue weighted by molar-refractivity contribution is 7.99. The fourth-order valence-electron chi connectivity index (χ4n) is 3.46. The molecule has 0 radical (unpaired) electrons. The maximum absolute atomic E-state index is 12.7. The van der Waals surface area contributed by atoms with Crippen LogP contribution >= 0.6 is 11.9 Å². The molecule has 1 heterocycles. The summed E-state index contributed by atoms with van der Waals surface area (Å²) in [6.07, 6.45) is -1.23. The van der Waals surface area contributed by atoms with Gasteiger partial charge in [0.05, 0.1) is 13.0 Å². The smallest absolute Gasteiger partial charge is 0.315 e. The van der Waals surface area contributed by atoms with Crippen molar-refractivity contribution in [1.29, 1.82) is 0 Å². The number of benzene rings is 2. The van der Waals surface area contributed by atoms with E-state index in [-0.39, 0.29) is 6.42 Å². The lowest BCUT2D eigenvalue weighted by molar-refractivity contribution is -0.164. The van der Waals surface area contributed by atoms with Crippen molar-refractivity contribution in [3.8, 4) is 5.75 Å². The molecule has 10 heteroatoms. The number of amides is 2. The van der Waals surface area contributed by atoms with Crippen LogP contribution in [0.1, 0.15) is 38.7 Å². The highest BCUT2D eigenvalue weighted by Gasteiger charge is 2.39. The van der Waals surface area contributed by atoms with Gasteiger partial charge in [0.2, 0.25) is 5.91 Å². The third kappa shape index (κ3) is 5.37. The SMILES string of the molecule is COc1ccc2ccc(C(C)C(=O)OC3NC(=O)C(CC(C)(C)SN=O)NC3=O)cc2c1. The van der Waals surface area contributed by atoms with Gasteiger partial charge in [0.1, 0.15) is 11.8 Å². The van der Waals surface area contributed by atoms with E-state index in [9.17, 15) is 19.3 Å². The van der Waals surface area contributed by atoms with Gasteiger partial charge >= 0.3 is 5.97 Å². The first-order valence-electron chi connectivity index (χ1n) is 10.0. The van der Waals surface area contributed by atoms with Crippen molar-refractivity contribution in [3.05, 3.63) is 46.9 Å². The molecule has 2 aromatic rings. The zero-order chi connectivity index (χ0) is 23.5. The molecular weight excluding hydrogens is 434 g/mol. The van der Waals surface area contributed by atoms with Crippen LogP contribution in [0.4, 0.5) is 0 Å². The average Bonchev–Trinajstić information content (AvgIpc) is 2.75. The molecule has 3 rings (SSSR count). The van der Waals surface area contributed by atoms with E-state index in [1.54, 1.807) is 27.9 Å². The highest BCUT2D eigenvalue weighted by Crippen LogP contribution is 2.31. The number of carbonyl (C=O) groups excluding carboxylic acids is 3. The first-order valence-corrected chi connectivity index (χ1v) is 10.8. The lowest BCUT2D eigenvalue weighted by Gasteiger charge is -2.32. The van der Waals surface area contributed by atoms with Crippen molar-refractivity contribution in [1.82, 2.24) is 10.6 Å². The number of piperazine rings is 1. The minimum atomic E-state index is -1.42. The van der Waals surface area contributed by atoms with Gasteiger partial charge in [-0.25, -0.2) is 0 Å². The number of carbonyl (C=O) groups is 3. The van der Waals surface area contributed by atoms with Crippen molar-refractivity contribution in [2.24, 2.45) is 4.58 Å². The lowest BCUT2D eigenvalue weighted by Crippen LogP contribution is -2.63. The van der Waals surface area contributed by atoms with Gasteiger partial charge in [-0.05, 0) is 55.7 Å². The molecule has 0 spiro atoms. The van der Waals surface area contributed by atoms with Crippen LogP contribution in [-0.2, 0) is 19.1 Å². The van der Waals surface area contributed by atoms with Crippen LogP contribution in [0.15, 0.2) is 41.0 Å². The molecule has 3 atom stereocenters. The second-order valence-corrected chi connectivity index (χ2v) is 9.65. The number of nitrogens with one attached hydrogen (secondary N) is 2. The lowest BCUT2D eigenvalue weighted by atomic mass is 9.97. The van der Waals surface area contributed by atoms with Crippen molar-refractivity contribution >= 4 is 40.5 Å². The summed E-state index contributed by atoms with van der Waals surface area (Å²) in [6, 6.07) is 10.4. The Balaban J connectivity index is 1.66. The maximum atomic E-state index is 12.7. The predicted octanol–water partition coefficient (Wildman–Crippen LogP) is 3.02. The predicted molar refractivity (Wildman–Crippen MR) is 121 cm³/mol. The van der Waals surface area contributed by atoms with E-state index in [0.29, 0.717) is 11.3 Å². The quantitative estimate of drug-likeness (QED) is 0.353. The zero-order valence-electron chi connectivity index (χ0n) is 18.2. The van der Waals surface area contributed by atoms with Crippen LogP contribution in [0.3, 0.4) is 0 Å². The van der Waals surface area contributed by atoms with Gasteiger partial charge in [0.15, 0.2) is 0 Å². The number of fused-ring (bicyclic) bond motifs is 1. The van der Waals surface area contributed by atoms with E-state index >= 15 is 0 Å². The molecule has 0 aromatic heterocycles. The zero-order valence-corrected chi connectivity index (χ0v) is 19.0. The van der Waals surface area contributed by atoms with Gasteiger partial charge in [0, 0.05) is 21.3 Å². The third-order valence-electron chi connectivity index (χ3n) is 5.28. The second-order valence-electron chi connectivity index (χ2n) is 8.21. The molecule has 2 N–H and O–H groups in total. The van der Waals surface area contributed by atoms with Crippen LogP contribution in [0.5, 0.6) is 5.75 Å². The Morgan fingerprint density at radius 2 is 1.84 bits per heavy atom. The van der Waals surface area contributed by atoms with Crippen LogP contribution in [0.2, 0.25) is 0 Å². The molecule has 9 nitrogen and oxygen atoms in total. The van der Waals surface area contributed by atoms with Gasteiger partial charge < -0.3 is 20.1 Å². The van der Waals surface area contributed by atoms with Crippen LogP contribution in [0.25, 0.3) is 10.8 Å². The first-order chi connectivity index (χ1) is 15.1. The average molecular weight is 460 g/mol. The highest BCUT2D eigenvalue weighted by atomic mass is 32.2. The molecule has 1 fully saturated rings. The monoisotopic (exact) mass is 459 g/mol. The second kappa shape index (κ2) is 9.56. The van der Waals surface area contributed by atoms with E-state index in [1.165, 1.54) is 0 Å². The van der Waals surface area contributed by atoms with Gasteiger partial charge in [0.25, 0.3) is 12.1 Å². The van der Waals surface area contributed by atoms with E-state index in [2.05, 4.69) is 15.2 Å². The van der Waals surface area contributed by atoms with Crippen molar-refractivity contribution < 1.29 is 23.9 Å². The molecule has 1 aliphatic rings. The normalized spacial score (nSPS) is 19.6. The number of hydrogen-bond donors (Lipinski definition) is 2. The summed E-state index contributed by atoms with van der Waals surface area (Å²) in [5.74, 6) is -1.73. The Kier molecular flexibility index (Phi) is 7.02. The van der Waals surface area contributed by atoms with Gasteiger partial charge in [-0.2, -0.15) is 0 Å². The van der Waals surface area contributed by atoms with Gasteiger partial charge in [-0.1, -0.05) is 24.3 Å². The fraction of sp³-hybridized carbons (Fsp3) is 0.409. The molecule has 0 saturated carbocycles. The summed E-state index contributed by atoms with van der Waals surface area (Å²) >= 11 is 0.791. The molecule has 0 bridgehead atoms. The summed E-state index contributed by atoms with van der Waals surface area (Å²) in [4.78, 5) is 48.1. The molecule has 32 heavy (non-hydrogen) atoms. The van der Waals surface area contributed by atoms with Crippen LogP contribution < -0.4 is 15.4 Å². The molecule has 1 aliphatic heterocycles. The van der Waals surface area contributed by atoms with E-state index in [1.807, 2.05) is 36.4 Å². The number of esters is 1. The number of ether oxygens (including phenoxy) is 2. The Morgan fingerprint density at radius 3 is 2.53 bits per heavy atom. The van der Waals surface area contributed by atoms with E-state index in [4.69, 9.17) is 9.47 Å². The molecule has 170 valence electrons. The number of methoxy groups -OCH3 is 1. The summed E-state index contributed by atoms with van der Waals surface area (Å²) in [6.45, 7) is 5.15. The van der Waals surface area contributed by atoms with Crippen molar-refractivity contribution in [2.45, 2.75) is 50.1 Å². The Labute approximate surface area is 189 Å². The number of hydrogen-bond acceptors (Lipinski definition) is 8. The Morgan fingerprint density at radius 1 is 1.12 bits per heavy atom. The van der Waals surface area contributed by atoms with Crippen molar-refractivity contribution in [2.75, 3.05) is 7.11 Å². The summed E-state index contributed by atoms with van der Waals surface area (Å²) in [5, 5.41) is 6.88. The van der Waals surface area contributed by atoms with Crippen LogP contribution in [-0.4, -0.2) is 41.9 Å². The van der Waals surface area contributed by atoms with E-state index in [0.717, 1.165) is 22.7 Å². The summed E-state index contributed by atoms with van der Waals surface area (Å²) in [5.41, 5.74) is 0.705. The largest absolute Gasteiger partial charge is 0.497 e. The number of nitroso groups, excluding NO2 is 1. The van der Waals surface area contributed by atoms with Gasteiger partial charge in [-0.15, -0.1) is 4.91 Å². The standard InChI is InChI=1S/C22H25N3O6S/c1-12(14-6-5-13-7-8-16(30-4)10-15(13)9-14)21(28)31-20-19(27)23-17(18(26)24-20)11-22(2,3)32-25-29/h5-10,12,17,20H,11H2,1-4H3,(H,23,27)(H,24,26). The minimum Gasteiger partial charge on any atom is -0.497 e. The topological polar surface area (TPSA) is 123 Å². The first kappa shape index (κ1) is 23.5. The summed E-state index contributed by atoms with van der Waals surface area (Å²) in [7, 11) is 1.58. The molecule has 1 saturated heterocycles. The molecule has 2 aromatic carbocycles. The summed E-state index contributed by atoms with van der Waals surface area (Å²) < 4.78 is 12.7. The molecular formula is C22H25N3O6S.